The Hall–Kier alpha value is -3.57. The first-order valence-electron chi connectivity index (χ1n) is 11.2. The van der Waals surface area contributed by atoms with Crippen LogP contribution < -0.4 is 38.5 Å². The average Bonchev–Trinajstić information content (AvgIpc) is 2.78. The molecular weight excluding hydrogens is 478 g/mol. The maximum Gasteiger partial charge on any atom is 0.331 e. The molecule has 0 saturated carbocycles. The number of hydrogen-bond donors (Lipinski definition) is 3. The molecule has 1 aliphatic rings. The van der Waals surface area contributed by atoms with Gasteiger partial charge in [0.1, 0.15) is 5.75 Å². The van der Waals surface area contributed by atoms with Crippen LogP contribution in [0.25, 0.3) is 0 Å². The van der Waals surface area contributed by atoms with Gasteiger partial charge >= 0.3 is 11.4 Å². The molecule has 2 aromatic heterocycles. The average molecular weight is 506 g/mol. The summed E-state index contributed by atoms with van der Waals surface area (Å²) in [5.41, 5.74) is -3.10. The van der Waals surface area contributed by atoms with E-state index in [-0.39, 0.29) is 42.0 Å². The summed E-state index contributed by atoms with van der Waals surface area (Å²) in [5.74, 6) is -1.91. The summed E-state index contributed by atoms with van der Waals surface area (Å²) in [6.07, 6.45) is 2.59. The highest BCUT2D eigenvalue weighted by atomic mass is 35.5. The van der Waals surface area contributed by atoms with E-state index < -0.39 is 34.3 Å². The molecule has 1 aromatic carbocycles. The van der Waals surface area contributed by atoms with Crippen LogP contribution in [0.5, 0.6) is 17.5 Å². The van der Waals surface area contributed by atoms with Crippen molar-refractivity contribution in [3.63, 3.8) is 0 Å². The lowest BCUT2D eigenvalue weighted by molar-refractivity contribution is -0.281. The van der Waals surface area contributed by atoms with Crippen molar-refractivity contribution in [1.82, 2.24) is 25.3 Å². The topological polar surface area (TPSA) is 179 Å². The second-order valence-electron chi connectivity index (χ2n) is 8.18. The van der Waals surface area contributed by atoms with Gasteiger partial charge in [-0.05, 0) is 36.9 Å². The van der Waals surface area contributed by atoms with E-state index in [0.29, 0.717) is 23.4 Å². The van der Waals surface area contributed by atoms with E-state index >= 15 is 0 Å². The van der Waals surface area contributed by atoms with Gasteiger partial charge in [0.2, 0.25) is 5.88 Å². The number of aromatic amines is 2. The van der Waals surface area contributed by atoms with Crippen LogP contribution in [-0.4, -0.2) is 19.1 Å². The van der Waals surface area contributed by atoms with Crippen LogP contribution in [0.4, 0.5) is 0 Å². The van der Waals surface area contributed by atoms with E-state index in [0.717, 1.165) is 22.0 Å². The molecule has 1 unspecified atom stereocenters. The van der Waals surface area contributed by atoms with Gasteiger partial charge in [0, 0.05) is 29.2 Å². The molecule has 0 aliphatic carbocycles. The minimum atomic E-state index is -1.19. The molecule has 0 radical (unpaired) electrons. The van der Waals surface area contributed by atoms with Crippen LogP contribution in [0, 0.1) is 0 Å². The number of quaternary nitrogens is 1. The maximum absolute atomic E-state index is 13.5. The second kappa shape index (κ2) is 10.4. The van der Waals surface area contributed by atoms with E-state index in [9.17, 15) is 24.3 Å². The molecule has 0 saturated heterocycles. The van der Waals surface area contributed by atoms with Crippen molar-refractivity contribution in [3.8, 4) is 17.5 Å². The number of rotatable bonds is 7. The largest absolute Gasteiger partial charge is 0.860 e. The monoisotopic (exact) mass is 505 g/mol. The lowest BCUT2D eigenvalue weighted by Crippen LogP contribution is -2.42. The van der Waals surface area contributed by atoms with Gasteiger partial charge in [-0.25, -0.2) is 9.59 Å². The number of fused-ring (bicyclic) bond motifs is 2. The van der Waals surface area contributed by atoms with Gasteiger partial charge < -0.3 is 20.6 Å². The predicted molar refractivity (Wildman–Crippen MR) is 130 cm³/mol. The number of hydrogen-bond acceptors (Lipinski definition) is 6. The molecule has 1 aliphatic heterocycles. The molecule has 3 heterocycles. The standard InChI is InChI=1S/C23H25ClN4O6.H3N/c1-3-5-9-27-20(30)16(18(29)25-22(27)32)15-13-11-12(24)7-8-14(13)34-19-17(15)21(31)28(10-6-4-2)23(33)26-19;/h7-8,11,15,30H,3-6,9-10H2,1-2H3,(H,26,33)(H,25,29,32);1H3. The first kappa shape index (κ1) is 26.0. The first-order chi connectivity index (χ1) is 16.3. The quantitative estimate of drug-likeness (QED) is 0.347. The molecule has 11 nitrogen and oxygen atoms in total. The molecule has 0 fully saturated rings. The Bertz CT molecular complexity index is 1480. The molecule has 188 valence electrons. The van der Waals surface area contributed by atoms with Gasteiger partial charge in [-0.2, -0.15) is 0 Å². The number of halogens is 1. The van der Waals surface area contributed by atoms with E-state index in [1.54, 1.807) is 6.07 Å². The van der Waals surface area contributed by atoms with Gasteiger partial charge in [-0.1, -0.05) is 38.3 Å². The fourth-order valence-electron chi connectivity index (χ4n) is 4.16. The summed E-state index contributed by atoms with van der Waals surface area (Å²) in [5, 5.41) is 13.7. The van der Waals surface area contributed by atoms with Crippen molar-refractivity contribution < 1.29 is 9.84 Å². The number of aromatic nitrogens is 4. The van der Waals surface area contributed by atoms with Crippen LogP contribution >= 0.6 is 11.6 Å². The zero-order chi connectivity index (χ0) is 24.6. The number of ether oxygens (including phenoxy) is 1. The van der Waals surface area contributed by atoms with Crippen LogP contribution in [0.3, 0.4) is 0 Å². The van der Waals surface area contributed by atoms with E-state index in [1.807, 2.05) is 13.8 Å². The van der Waals surface area contributed by atoms with Crippen molar-refractivity contribution in [2.45, 2.75) is 58.5 Å². The fourth-order valence-corrected chi connectivity index (χ4v) is 4.35. The van der Waals surface area contributed by atoms with Crippen molar-refractivity contribution in [2.75, 3.05) is 0 Å². The summed E-state index contributed by atoms with van der Waals surface area (Å²) in [7, 11) is 0. The third kappa shape index (κ3) is 4.56. The Balaban J connectivity index is 0.00000342. The summed E-state index contributed by atoms with van der Waals surface area (Å²) in [6.45, 7) is 4.10. The summed E-state index contributed by atoms with van der Waals surface area (Å²) < 4.78 is 7.78. The van der Waals surface area contributed by atoms with E-state index in [4.69, 9.17) is 16.3 Å². The third-order valence-electron chi connectivity index (χ3n) is 5.91. The molecule has 3 aromatic rings. The molecule has 0 spiro atoms. The van der Waals surface area contributed by atoms with Crippen molar-refractivity contribution in [2.24, 2.45) is 0 Å². The van der Waals surface area contributed by atoms with Gasteiger partial charge in [-0.3, -0.25) is 24.1 Å². The number of nitrogens with one attached hydrogen (secondary N) is 2. The SMILES string of the molecule is CCCCn1c([O-])c(C2c3cc(Cl)ccc3Oc3[nH]c(=O)n(CCCC)c(=O)c32)c(=O)[nH]c1=O.[NH4+]. The summed E-state index contributed by atoms with van der Waals surface area (Å²) in [6, 6.07) is 4.58. The van der Waals surface area contributed by atoms with Crippen LogP contribution in [-0.2, 0) is 13.1 Å². The Kier molecular flexibility index (Phi) is 7.71. The third-order valence-corrected chi connectivity index (χ3v) is 6.15. The van der Waals surface area contributed by atoms with E-state index in [2.05, 4.69) is 9.97 Å². The summed E-state index contributed by atoms with van der Waals surface area (Å²) in [4.78, 5) is 56.3. The fraction of sp³-hybridized carbons (Fsp3) is 0.391. The molecule has 4 rings (SSSR count). The number of benzene rings is 1. The molecule has 35 heavy (non-hydrogen) atoms. The highest BCUT2D eigenvalue weighted by Crippen LogP contribution is 2.45. The Labute approximate surface area is 204 Å². The number of nitrogens with zero attached hydrogens (tertiary/aromatic N) is 2. The van der Waals surface area contributed by atoms with Crippen LogP contribution in [0.2, 0.25) is 5.02 Å². The molecule has 0 bridgehead atoms. The lowest BCUT2D eigenvalue weighted by atomic mass is 9.84. The molecule has 12 heteroatoms. The van der Waals surface area contributed by atoms with Gasteiger partial charge in [-0.15, -0.1) is 0 Å². The maximum atomic E-state index is 13.5. The number of unbranched alkanes of at least 4 members (excludes halogenated alkanes) is 2. The normalized spacial score (nSPS) is 14.0. The molecule has 1 atom stereocenters. The van der Waals surface area contributed by atoms with Crippen molar-refractivity contribution >= 4 is 11.6 Å². The Morgan fingerprint density at radius 1 is 0.971 bits per heavy atom. The predicted octanol–water partition coefficient (Wildman–Crippen LogP) is 2.38. The Morgan fingerprint density at radius 2 is 1.60 bits per heavy atom. The number of H-pyrrole nitrogens is 2. The molecule has 0 amide bonds. The minimum Gasteiger partial charge on any atom is -0.860 e. The molecule has 6 N–H and O–H groups in total. The zero-order valence-electron chi connectivity index (χ0n) is 19.8. The van der Waals surface area contributed by atoms with Crippen LogP contribution in [0.1, 0.15) is 62.1 Å². The highest BCUT2D eigenvalue weighted by molar-refractivity contribution is 6.30. The Morgan fingerprint density at radius 3 is 2.26 bits per heavy atom. The van der Waals surface area contributed by atoms with Gasteiger partial charge in [0.15, 0.2) is 0 Å². The van der Waals surface area contributed by atoms with Crippen LogP contribution in [0.15, 0.2) is 37.4 Å². The lowest BCUT2D eigenvalue weighted by Gasteiger charge is -2.30. The van der Waals surface area contributed by atoms with Crippen molar-refractivity contribution in [3.05, 3.63) is 81.6 Å². The van der Waals surface area contributed by atoms with Crippen molar-refractivity contribution in [1.29, 1.82) is 0 Å². The molecular formula is C23H28ClN5O6. The summed E-state index contributed by atoms with van der Waals surface area (Å²) >= 11 is 6.21. The highest BCUT2D eigenvalue weighted by Gasteiger charge is 2.36. The first-order valence-corrected chi connectivity index (χ1v) is 11.5. The second-order valence-corrected chi connectivity index (χ2v) is 8.62. The minimum absolute atomic E-state index is 0. The van der Waals surface area contributed by atoms with Gasteiger partial charge in [0.25, 0.3) is 11.1 Å². The zero-order valence-corrected chi connectivity index (χ0v) is 20.5. The van der Waals surface area contributed by atoms with Gasteiger partial charge in [0.05, 0.1) is 11.5 Å². The smallest absolute Gasteiger partial charge is 0.331 e. The van der Waals surface area contributed by atoms with E-state index in [1.165, 1.54) is 12.1 Å².